The first kappa shape index (κ1) is 10.9. The Hall–Kier alpha value is -1.63. The molecule has 0 aliphatic heterocycles. The van der Waals surface area contributed by atoms with Gasteiger partial charge in [0.25, 0.3) is 0 Å². The Morgan fingerprint density at radius 1 is 1.38 bits per heavy atom. The lowest BCUT2D eigenvalue weighted by Crippen LogP contribution is -2.34. The minimum Gasteiger partial charge on any atom is -0.352 e. The van der Waals surface area contributed by atoms with Gasteiger partial charge < -0.3 is 4.90 Å². The third kappa shape index (κ3) is 1.99. The van der Waals surface area contributed by atoms with Crippen molar-refractivity contribution in [3.63, 3.8) is 0 Å². The first-order chi connectivity index (χ1) is 7.86. The SMILES string of the molecule is CCN(c1nccnc1C#N)C1CCCC1. The molecule has 1 aliphatic rings. The van der Waals surface area contributed by atoms with E-state index >= 15 is 0 Å². The van der Waals surface area contributed by atoms with E-state index in [1.807, 2.05) is 0 Å². The summed E-state index contributed by atoms with van der Waals surface area (Å²) in [7, 11) is 0. The molecular weight excluding hydrogens is 200 g/mol. The van der Waals surface area contributed by atoms with Gasteiger partial charge in [-0.05, 0) is 19.8 Å². The van der Waals surface area contributed by atoms with Crippen molar-refractivity contribution in [2.24, 2.45) is 0 Å². The molecule has 84 valence electrons. The van der Waals surface area contributed by atoms with Crippen molar-refractivity contribution in [2.45, 2.75) is 38.6 Å². The molecular formula is C12H16N4. The van der Waals surface area contributed by atoms with Crippen LogP contribution in [0.4, 0.5) is 5.82 Å². The minimum atomic E-state index is 0.441. The van der Waals surface area contributed by atoms with Gasteiger partial charge in [0.2, 0.25) is 0 Å². The summed E-state index contributed by atoms with van der Waals surface area (Å²) in [4.78, 5) is 10.6. The van der Waals surface area contributed by atoms with Crippen LogP contribution in [-0.4, -0.2) is 22.6 Å². The molecule has 1 fully saturated rings. The van der Waals surface area contributed by atoms with E-state index in [0.717, 1.165) is 12.4 Å². The van der Waals surface area contributed by atoms with Crippen molar-refractivity contribution in [1.29, 1.82) is 5.26 Å². The van der Waals surface area contributed by atoms with Gasteiger partial charge >= 0.3 is 0 Å². The first-order valence-corrected chi connectivity index (χ1v) is 5.84. The van der Waals surface area contributed by atoms with Crippen molar-refractivity contribution in [2.75, 3.05) is 11.4 Å². The number of rotatable bonds is 3. The van der Waals surface area contributed by atoms with Crippen molar-refractivity contribution < 1.29 is 0 Å². The van der Waals surface area contributed by atoms with E-state index in [1.54, 1.807) is 12.4 Å². The highest BCUT2D eigenvalue weighted by molar-refractivity contribution is 5.50. The van der Waals surface area contributed by atoms with Gasteiger partial charge in [-0.3, -0.25) is 0 Å². The Balaban J connectivity index is 2.29. The molecule has 16 heavy (non-hydrogen) atoms. The molecule has 4 heteroatoms. The summed E-state index contributed by atoms with van der Waals surface area (Å²) in [5, 5.41) is 9.03. The van der Waals surface area contributed by atoms with Gasteiger partial charge in [-0.25, -0.2) is 9.97 Å². The molecule has 0 unspecified atom stereocenters. The standard InChI is InChI=1S/C12H16N4/c1-2-16(10-5-3-4-6-10)12-11(9-13)14-7-8-15-12/h7-8,10H,2-6H2,1H3. The lowest BCUT2D eigenvalue weighted by molar-refractivity contribution is 0.611. The van der Waals surface area contributed by atoms with E-state index in [2.05, 4.69) is 27.9 Å². The van der Waals surface area contributed by atoms with E-state index in [4.69, 9.17) is 5.26 Å². The summed E-state index contributed by atoms with van der Waals surface area (Å²) in [6.07, 6.45) is 8.20. The van der Waals surface area contributed by atoms with Crippen molar-refractivity contribution in [1.82, 2.24) is 9.97 Å². The highest BCUT2D eigenvalue weighted by atomic mass is 15.2. The minimum absolute atomic E-state index is 0.441. The molecule has 0 aromatic carbocycles. The topological polar surface area (TPSA) is 52.8 Å². The smallest absolute Gasteiger partial charge is 0.183 e. The van der Waals surface area contributed by atoms with E-state index < -0.39 is 0 Å². The molecule has 0 N–H and O–H groups in total. The Labute approximate surface area is 95.9 Å². The number of nitrogens with zero attached hydrogens (tertiary/aromatic N) is 4. The predicted octanol–water partition coefficient (Wildman–Crippen LogP) is 2.12. The quantitative estimate of drug-likeness (QED) is 0.776. The van der Waals surface area contributed by atoms with Gasteiger partial charge in [0, 0.05) is 25.0 Å². The largest absolute Gasteiger partial charge is 0.352 e. The number of aromatic nitrogens is 2. The third-order valence-corrected chi connectivity index (χ3v) is 3.16. The van der Waals surface area contributed by atoms with Crippen LogP contribution >= 0.6 is 0 Å². The Kier molecular flexibility index (Phi) is 3.35. The molecule has 1 heterocycles. The van der Waals surface area contributed by atoms with Crippen LogP contribution in [0.25, 0.3) is 0 Å². The van der Waals surface area contributed by atoms with Gasteiger partial charge in [-0.1, -0.05) is 12.8 Å². The average Bonchev–Trinajstić information content (AvgIpc) is 2.84. The third-order valence-electron chi connectivity index (χ3n) is 3.16. The maximum Gasteiger partial charge on any atom is 0.183 e. The second-order valence-corrected chi connectivity index (χ2v) is 4.06. The van der Waals surface area contributed by atoms with Crippen LogP contribution in [-0.2, 0) is 0 Å². The van der Waals surface area contributed by atoms with Crippen molar-refractivity contribution >= 4 is 5.82 Å². The summed E-state index contributed by atoms with van der Waals surface area (Å²) in [6, 6.07) is 2.65. The van der Waals surface area contributed by atoms with E-state index in [9.17, 15) is 0 Å². The second kappa shape index (κ2) is 4.93. The highest BCUT2D eigenvalue weighted by Gasteiger charge is 2.24. The molecule has 0 saturated heterocycles. The van der Waals surface area contributed by atoms with Crippen molar-refractivity contribution in [3.05, 3.63) is 18.1 Å². The van der Waals surface area contributed by atoms with E-state index in [1.165, 1.54) is 25.7 Å². The Morgan fingerprint density at radius 3 is 2.69 bits per heavy atom. The fraction of sp³-hybridized carbons (Fsp3) is 0.583. The van der Waals surface area contributed by atoms with Gasteiger partial charge in [-0.2, -0.15) is 5.26 Å². The number of hydrogen-bond donors (Lipinski definition) is 0. The van der Waals surface area contributed by atoms with E-state index in [-0.39, 0.29) is 0 Å². The second-order valence-electron chi connectivity index (χ2n) is 4.06. The molecule has 1 saturated carbocycles. The fourth-order valence-electron chi connectivity index (χ4n) is 2.42. The highest BCUT2D eigenvalue weighted by Crippen LogP contribution is 2.27. The first-order valence-electron chi connectivity index (χ1n) is 5.84. The molecule has 1 aromatic heterocycles. The van der Waals surface area contributed by atoms with Gasteiger partial charge in [0.05, 0.1) is 0 Å². The number of hydrogen-bond acceptors (Lipinski definition) is 4. The van der Waals surface area contributed by atoms with Crippen LogP contribution < -0.4 is 4.90 Å². The van der Waals surface area contributed by atoms with Gasteiger partial charge in [0.1, 0.15) is 6.07 Å². The van der Waals surface area contributed by atoms with Crippen LogP contribution in [0, 0.1) is 11.3 Å². The summed E-state index contributed by atoms with van der Waals surface area (Å²) >= 11 is 0. The van der Waals surface area contributed by atoms with Crippen LogP contribution in [0.5, 0.6) is 0 Å². The van der Waals surface area contributed by atoms with Gasteiger partial charge in [0.15, 0.2) is 11.5 Å². The summed E-state index contributed by atoms with van der Waals surface area (Å²) in [6.45, 7) is 2.99. The molecule has 1 aromatic rings. The zero-order valence-corrected chi connectivity index (χ0v) is 9.56. The zero-order valence-electron chi connectivity index (χ0n) is 9.56. The number of nitriles is 1. The average molecular weight is 216 g/mol. The Bertz CT molecular complexity index is 390. The van der Waals surface area contributed by atoms with Gasteiger partial charge in [-0.15, -0.1) is 0 Å². The Morgan fingerprint density at radius 2 is 2.06 bits per heavy atom. The maximum atomic E-state index is 9.03. The monoisotopic (exact) mass is 216 g/mol. The van der Waals surface area contributed by atoms with Crippen molar-refractivity contribution in [3.8, 4) is 6.07 Å². The lowest BCUT2D eigenvalue weighted by Gasteiger charge is -2.28. The van der Waals surface area contributed by atoms with Crippen LogP contribution in [0.3, 0.4) is 0 Å². The maximum absolute atomic E-state index is 9.03. The molecule has 2 rings (SSSR count). The fourth-order valence-corrected chi connectivity index (χ4v) is 2.42. The molecule has 1 aliphatic carbocycles. The molecule has 0 radical (unpaired) electrons. The molecule has 0 bridgehead atoms. The molecule has 0 atom stereocenters. The molecule has 0 spiro atoms. The normalized spacial score (nSPS) is 16.0. The van der Waals surface area contributed by atoms with Crippen LogP contribution in [0.1, 0.15) is 38.3 Å². The predicted molar refractivity (Wildman–Crippen MR) is 62.0 cm³/mol. The molecule has 0 amide bonds. The summed E-state index contributed by atoms with van der Waals surface area (Å²) < 4.78 is 0. The molecule has 4 nitrogen and oxygen atoms in total. The van der Waals surface area contributed by atoms with E-state index in [0.29, 0.717) is 11.7 Å². The van der Waals surface area contributed by atoms with Crippen LogP contribution in [0.2, 0.25) is 0 Å². The summed E-state index contributed by atoms with van der Waals surface area (Å²) in [5.74, 6) is 0.749. The number of anilines is 1. The lowest BCUT2D eigenvalue weighted by atomic mass is 10.2. The summed E-state index contributed by atoms with van der Waals surface area (Å²) in [5.41, 5.74) is 0.441. The zero-order chi connectivity index (χ0) is 11.4. The van der Waals surface area contributed by atoms with Crippen LogP contribution in [0.15, 0.2) is 12.4 Å².